The molecule has 6 aromatic carbocycles. The number of rotatable bonds is 25. The molecular formula is C85H85Cl2F2N15O16S2. The van der Waals surface area contributed by atoms with Crippen molar-refractivity contribution in [2.75, 3.05) is 137 Å². The number of hydrogen-bond donors (Lipinski definition) is 4. The minimum atomic E-state index is -1.09. The van der Waals surface area contributed by atoms with Crippen molar-refractivity contribution >= 4 is 117 Å². The van der Waals surface area contributed by atoms with Gasteiger partial charge in [0.15, 0.2) is 21.7 Å². The first kappa shape index (κ1) is 85.2. The van der Waals surface area contributed by atoms with Crippen molar-refractivity contribution in [1.29, 1.82) is 0 Å². The highest BCUT2D eigenvalue weighted by Crippen LogP contribution is 2.41. The van der Waals surface area contributed by atoms with Crippen molar-refractivity contribution in [2.45, 2.75) is 61.2 Å². The van der Waals surface area contributed by atoms with E-state index in [1.54, 1.807) is 126 Å². The summed E-state index contributed by atoms with van der Waals surface area (Å²) in [6, 6.07) is 31.5. The van der Waals surface area contributed by atoms with Crippen LogP contribution in [0.4, 0.5) is 29.7 Å². The smallest absolute Gasteiger partial charge is 0.338 e. The number of carboxylic acid groups (broad SMARTS) is 2. The largest absolute Gasteiger partial charge is 0.480 e. The van der Waals surface area contributed by atoms with Crippen LogP contribution in [-0.4, -0.2) is 277 Å². The maximum absolute atomic E-state index is 14.1. The number of likely N-dealkylation sites (N-methyl/N-ethyl adjacent to an activating group) is 2. The predicted molar refractivity (Wildman–Crippen MR) is 448 cm³/mol. The quantitative estimate of drug-likeness (QED) is 0.0305. The van der Waals surface area contributed by atoms with Crippen molar-refractivity contribution in [3.05, 3.63) is 233 Å². The van der Waals surface area contributed by atoms with Gasteiger partial charge in [-0.25, -0.2) is 42.7 Å². The number of methoxy groups -OCH3 is 3. The van der Waals surface area contributed by atoms with E-state index in [4.69, 9.17) is 61.6 Å². The van der Waals surface area contributed by atoms with Gasteiger partial charge in [0.05, 0.1) is 56.8 Å². The number of nitrogens with one attached hydrogen (secondary N) is 2. The Labute approximate surface area is 717 Å². The number of esters is 2. The molecule has 0 spiro atoms. The molecule has 6 saturated heterocycles. The van der Waals surface area contributed by atoms with E-state index in [9.17, 15) is 57.4 Å². The summed E-state index contributed by atoms with van der Waals surface area (Å²) in [6.45, 7) is 5.86. The molecule has 2 aromatic heterocycles. The Balaban J connectivity index is 0.000000190. The number of carboxylic acids is 2. The number of amidine groups is 2. The van der Waals surface area contributed by atoms with Crippen LogP contribution in [0.2, 0.25) is 10.0 Å². The molecule has 0 saturated carbocycles. The molecule has 37 heteroatoms. The number of anilines is 2. The van der Waals surface area contributed by atoms with Crippen LogP contribution in [-0.2, 0) is 38.1 Å². The molecule has 0 radical (unpaired) electrons. The third-order valence-corrected chi connectivity index (χ3v) is 24.8. The first-order valence-corrected chi connectivity index (χ1v) is 41.6. The lowest BCUT2D eigenvalue weighted by Gasteiger charge is -2.38. The molecule has 636 valence electrons. The lowest BCUT2D eigenvalue weighted by molar-refractivity contribution is -0.142. The number of carbonyl (C=O) groups is 8. The first-order valence-electron chi connectivity index (χ1n) is 39.1. The van der Waals surface area contributed by atoms with Gasteiger partial charge in [-0.1, -0.05) is 35.3 Å². The van der Waals surface area contributed by atoms with Crippen LogP contribution in [0.1, 0.15) is 66.8 Å². The minimum absolute atomic E-state index is 0.101. The zero-order valence-electron chi connectivity index (χ0n) is 66.7. The first-order chi connectivity index (χ1) is 58.9. The number of benzene rings is 6. The van der Waals surface area contributed by atoms with E-state index >= 15 is 0 Å². The fourth-order valence-electron chi connectivity index (χ4n) is 16.4. The van der Waals surface area contributed by atoms with Gasteiger partial charge in [0.25, 0.3) is 11.8 Å². The van der Waals surface area contributed by atoms with Crippen LogP contribution in [0.5, 0.6) is 23.0 Å². The molecular weight excluding hydrogens is 1660 g/mol. The molecule has 8 aliphatic rings. The van der Waals surface area contributed by atoms with Gasteiger partial charge in [0.2, 0.25) is 0 Å². The van der Waals surface area contributed by atoms with Crippen molar-refractivity contribution in [1.82, 2.24) is 54.9 Å². The Morgan fingerprint density at radius 2 is 1.01 bits per heavy atom. The van der Waals surface area contributed by atoms with Crippen LogP contribution < -0.4 is 29.9 Å². The van der Waals surface area contributed by atoms with Crippen molar-refractivity contribution in [3.63, 3.8) is 0 Å². The molecule has 8 aliphatic heterocycles. The minimum Gasteiger partial charge on any atom is -0.480 e. The second-order valence-electron chi connectivity index (χ2n) is 30.1. The van der Waals surface area contributed by atoms with E-state index in [2.05, 4.69) is 30.4 Å². The zero-order valence-corrected chi connectivity index (χ0v) is 69.8. The van der Waals surface area contributed by atoms with E-state index in [1.165, 1.54) is 78.2 Å². The number of ether oxygens (including phenoxy) is 6. The Kier molecular flexibility index (Phi) is 26.0. The molecule has 8 aromatic rings. The molecule has 122 heavy (non-hydrogen) atoms. The number of halogens is 4. The van der Waals surface area contributed by atoms with Gasteiger partial charge in [-0.2, -0.15) is 0 Å². The topological polar surface area (TPSA) is 336 Å². The molecule has 8 atom stereocenters. The van der Waals surface area contributed by atoms with Crippen LogP contribution in [0.15, 0.2) is 189 Å². The number of carbonyl (C=O) groups excluding carboxylic acids is 6. The molecule has 0 aliphatic carbocycles. The molecule has 10 heterocycles. The highest BCUT2D eigenvalue weighted by atomic mass is 35.5. The van der Waals surface area contributed by atoms with Gasteiger partial charge < -0.3 is 68.9 Å². The fourth-order valence-corrected chi connectivity index (χ4v) is 18.1. The van der Waals surface area contributed by atoms with Crippen LogP contribution in [0, 0.1) is 11.6 Å². The van der Waals surface area contributed by atoms with Crippen LogP contribution in [0.25, 0.3) is 0 Å². The average Bonchev–Trinajstić information content (AvgIpc) is 0.918. The molecule has 6 fully saturated rings. The maximum atomic E-state index is 14.1. The number of fused-ring (bicyclic) bond motifs is 2. The van der Waals surface area contributed by atoms with Gasteiger partial charge in [-0.05, 0) is 135 Å². The summed E-state index contributed by atoms with van der Waals surface area (Å²) in [6.07, 6.45) is 3.48. The summed E-state index contributed by atoms with van der Waals surface area (Å²) in [5.74, 6) is -1.86. The Hall–Kier alpha value is -11.8. The second-order valence-corrected chi connectivity index (χ2v) is 32.7. The van der Waals surface area contributed by atoms with Crippen LogP contribution in [0.3, 0.4) is 0 Å². The normalized spacial score (nSPS) is 21.7. The molecule has 0 bridgehead atoms. The predicted octanol–water partition coefficient (Wildman–Crippen LogP) is 10.3. The van der Waals surface area contributed by atoms with Gasteiger partial charge >= 0.3 is 35.9 Å². The van der Waals surface area contributed by atoms with Crippen molar-refractivity contribution < 1.29 is 85.8 Å². The van der Waals surface area contributed by atoms with E-state index in [1.807, 2.05) is 44.8 Å². The van der Waals surface area contributed by atoms with Crippen molar-refractivity contribution in [2.24, 2.45) is 9.98 Å². The molecule has 6 amide bonds. The number of urea groups is 2. The summed E-state index contributed by atoms with van der Waals surface area (Å²) in [5.41, 5.74) is 4.69. The second kappa shape index (κ2) is 37.3. The third kappa shape index (κ3) is 18.5. The lowest BCUT2D eigenvalue weighted by atomic mass is 9.95. The summed E-state index contributed by atoms with van der Waals surface area (Å²) < 4.78 is 61.5. The number of hydrogen-bond acceptors (Lipinski definition) is 25. The molecule has 0 unspecified atom stereocenters. The monoisotopic (exact) mass is 1740 g/mol. The molecule has 4 N–H and O–H groups in total. The summed E-state index contributed by atoms with van der Waals surface area (Å²) in [5, 5.41) is 31.0. The summed E-state index contributed by atoms with van der Waals surface area (Å²) >= 11 is 15.8. The van der Waals surface area contributed by atoms with E-state index in [-0.39, 0.29) is 70.3 Å². The van der Waals surface area contributed by atoms with E-state index in [0.717, 1.165) is 0 Å². The van der Waals surface area contributed by atoms with E-state index in [0.29, 0.717) is 181 Å². The third-order valence-electron chi connectivity index (χ3n) is 22.6. The SMILES string of the molecule is COC(=O)C1=C(CN2CCN3C(=O)N(c4ccc(Oc5ccc(C(=O)N(C)[C@H]6C[C@H](C(=O)O)N(C)C6)cc5)cc4)C[C@@H]3C2)NC(c2nccs2)=N[C@H]1c1ccc(F)cc1Cl.COCCO[C@H]1C[C@H](C(=O)O)N(C(=O)c2ccc(Oc3ccc(N4C[C@@H]5CN(CC6=C(C(=O)OC)[C@H](c7ccc(F)cc7Cl)N=C(c7nccs7)N6)CCN5C4=O)cc3)cc2)C1. The van der Waals surface area contributed by atoms with E-state index < -0.39 is 71.7 Å². The van der Waals surface area contributed by atoms with Gasteiger partial charge in [-0.15, -0.1) is 22.7 Å². The standard InChI is InChI=1S/C43H43ClFN7O9S.C42H42ClFN8O7S/c1-58-16-17-60-31-20-35(41(54)55)52(23-31)40(53)25-3-8-29(9-4-25)61-30-10-6-27(7-11-30)51-22-28-21-49(14-15-50(28)43(51)57)24-34-36(42(56)59-2)37(32-12-5-26(45)19-33(32)44)48-38(47-34)39-46-13-18-62-39;1-48-20-27(19-34(48)40(54)55)49(2)39(53)24-4-9-29(10-5-24)59-30-11-7-26(8-12-30)52-22-28-21-50(15-16-51(28)42(52)57)23-33-35(41(56)58-3)36(31-13-6-25(44)18-32(31)43)47-37(46-33)38-45-14-17-60-38/h3-13,18-19,28,31,35,37H,14-17,20-24H2,1-2H3,(H,47,48)(H,54,55);4-14,17-18,27-28,34,36H,15-16,19-23H2,1-3H3,(H,46,47)(H,54,55)/t28-,31-,35+,37-;27-,28-,34+,36-/m00/s1. The number of aliphatic carboxylic acids is 2. The fraction of sp³-hybridized carbons (Fsp3) is 0.341. The number of piperazine rings is 2. The van der Waals surface area contributed by atoms with Crippen LogP contribution >= 0.6 is 45.9 Å². The number of nitrogens with zero attached hydrogens (tertiary/aromatic N) is 13. The number of aliphatic imine (C=N–C) groups is 2. The number of thiazole rings is 2. The van der Waals surface area contributed by atoms with Gasteiger partial charge in [-0.3, -0.25) is 48.9 Å². The van der Waals surface area contributed by atoms with Gasteiger partial charge in [0, 0.05) is 183 Å². The Bertz CT molecular complexity index is 5410. The van der Waals surface area contributed by atoms with Crippen molar-refractivity contribution in [3.8, 4) is 23.0 Å². The highest BCUT2D eigenvalue weighted by molar-refractivity contribution is 7.12. The molecule has 16 rings (SSSR count). The number of amides is 6. The highest BCUT2D eigenvalue weighted by Gasteiger charge is 2.47. The molecule has 31 nitrogen and oxygen atoms in total. The van der Waals surface area contributed by atoms with Gasteiger partial charge in [0.1, 0.15) is 58.8 Å². The zero-order chi connectivity index (χ0) is 85.7. The Morgan fingerprint density at radius 1 is 0.557 bits per heavy atom. The average molecular weight is 1750 g/mol. The Morgan fingerprint density at radius 3 is 1.42 bits per heavy atom. The lowest BCUT2D eigenvalue weighted by Crippen LogP contribution is -2.53. The number of aromatic nitrogens is 2. The summed E-state index contributed by atoms with van der Waals surface area (Å²) in [4.78, 5) is 139. The summed E-state index contributed by atoms with van der Waals surface area (Å²) in [7, 11) is 7.58. The number of likely N-dealkylation sites (tertiary alicyclic amines) is 2. The maximum Gasteiger partial charge on any atom is 0.338 e.